The molecular formula is C16H21N4O3+. The van der Waals surface area contributed by atoms with Gasteiger partial charge in [-0.25, -0.2) is 5.10 Å². The van der Waals surface area contributed by atoms with Crippen molar-refractivity contribution in [2.45, 2.75) is 6.42 Å². The average molecular weight is 317 g/mol. The first-order chi connectivity index (χ1) is 11.2. The third kappa shape index (κ3) is 3.94. The van der Waals surface area contributed by atoms with Crippen LogP contribution in [0.2, 0.25) is 0 Å². The van der Waals surface area contributed by atoms with Crippen LogP contribution in [0.5, 0.6) is 0 Å². The summed E-state index contributed by atoms with van der Waals surface area (Å²) in [5, 5.41) is 10.7. The molecule has 0 spiro atoms. The van der Waals surface area contributed by atoms with Crippen molar-refractivity contribution < 1.29 is 14.4 Å². The van der Waals surface area contributed by atoms with Crippen LogP contribution >= 0.6 is 0 Å². The molecule has 7 nitrogen and oxygen atoms in total. The van der Waals surface area contributed by atoms with Gasteiger partial charge in [-0.2, -0.15) is 5.10 Å². The highest BCUT2D eigenvalue weighted by Gasteiger charge is 2.14. The van der Waals surface area contributed by atoms with Crippen LogP contribution in [0.3, 0.4) is 0 Å². The number of quaternary nitrogens is 1. The summed E-state index contributed by atoms with van der Waals surface area (Å²) in [5.41, 5.74) is 0.358. The Kier molecular flexibility index (Phi) is 4.99. The number of nitrogens with one attached hydrogen (secondary N) is 3. The molecule has 7 heteroatoms. The van der Waals surface area contributed by atoms with Crippen molar-refractivity contribution in [2.75, 3.05) is 39.4 Å². The number of aromatic nitrogens is 2. The Balaban J connectivity index is 1.57. The van der Waals surface area contributed by atoms with Gasteiger partial charge in [-0.3, -0.25) is 9.59 Å². The van der Waals surface area contributed by atoms with Crippen molar-refractivity contribution in [3.63, 3.8) is 0 Å². The van der Waals surface area contributed by atoms with Crippen molar-refractivity contribution in [2.24, 2.45) is 0 Å². The lowest BCUT2D eigenvalue weighted by molar-refractivity contribution is -0.906. The second-order valence-electron chi connectivity index (χ2n) is 5.68. The zero-order chi connectivity index (χ0) is 16.1. The van der Waals surface area contributed by atoms with E-state index in [2.05, 4.69) is 15.5 Å². The van der Waals surface area contributed by atoms with E-state index < -0.39 is 0 Å². The van der Waals surface area contributed by atoms with Crippen LogP contribution < -0.4 is 15.8 Å². The first-order valence-corrected chi connectivity index (χ1v) is 7.88. The fourth-order valence-corrected chi connectivity index (χ4v) is 2.81. The zero-order valence-electron chi connectivity index (χ0n) is 12.9. The first kappa shape index (κ1) is 15.6. The molecule has 0 unspecified atom stereocenters. The lowest BCUT2D eigenvalue weighted by atomic mass is 10.1. The van der Waals surface area contributed by atoms with E-state index in [4.69, 9.17) is 4.74 Å². The molecule has 1 fully saturated rings. The van der Waals surface area contributed by atoms with Gasteiger partial charge < -0.3 is 15.0 Å². The molecular weight excluding hydrogens is 296 g/mol. The largest absolute Gasteiger partial charge is 0.370 e. The van der Waals surface area contributed by atoms with Crippen LogP contribution in [0.4, 0.5) is 0 Å². The Morgan fingerprint density at radius 2 is 2.00 bits per heavy atom. The molecule has 0 saturated carbocycles. The van der Waals surface area contributed by atoms with Gasteiger partial charge in [0.1, 0.15) is 13.1 Å². The Morgan fingerprint density at radius 1 is 1.26 bits per heavy atom. The van der Waals surface area contributed by atoms with Gasteiger partial charge in [-0.05, 0) is 6.07 Å². The summed E-state index contributed by atoms with van der Waals surface area (Å²) in [4.78, 5) is 25.3. The predicted octanol–water partition coefficient (Wildman–Crippen LogP) is -1.50. The van der Waals surface area contributed by atoms with Crippen molar-refractivity contribution in [3.05, 3.63) is 40.3 Å². The van der Waals surface area contributed by atoms with Crippen LogP contribution in [0.1, 0.15) is 5.69 Å². The van der Waals surface area contributed by atoms with E-state index in [9.17, 15) is 9.59 Å². The third-order valence-corrected chi connectivity index (χ3v) is 4.10. The number of amides is 1. The molecule has 1 aliphatic rings. The maximum Gasteiger partial charge on any atom is 0.272 e. The van der Waals surface area contributed by atoms with Crippen molar-refractivity contribution in [1.82, 2.24) is 15.5 Å². The number of fused-ring (bicyclic) bond motifs is 1. The van der Waals surface area contributed by atoms with Gasteiger partial charge in [-0.15, -0.1) is 0 Å². The molecule has 1 aromatic heterocycles. The lowest BCUT2D eigenvalue weighted by Crippen LogP contribution is -3.14. The van der Waals surface area contributed by atoms with E-state index in [1.807, 2.05) is 12.1 Å². The topological polar surface area (TPSA) is 88.5 Å². The number of nitrogens with zero attached hydrogens (tertiary/aromatic N) is 1. The highest BCUT2D eigenvalue weighted by molar-refractivity contribution is 5.88. The molecule has 1 aliphatic heterocycles. The Morgan fingerprint density at radius 3 is 2.78 bits per heavy atom. The van der Waals surface area contributed by atoms with Crippen LogP contribution in [-0.4, -0.2) is 55.5 Å². The third-order valence-electron chi connectivity index (χ3n) is 4.10. The molecule has 1 amide bonds. The molecule has 23 heavy (non-hydrogen) atoms. The SMILES string of the molecule is O=C(Cc1n[nH]c(=O)c2ccccc12)NCC[NH+]1CCOCC1. The number of rotatable bonds is 5. The summed E-state index contributed by atoms with van der Waals surface area (Å²) in [5.74, 6) is -0.0811. The zero-order valence-corrected chi connectivity index (χ0v) is 12.9. The molecule has 0 aliphatic carbocycles. The van der Waals surface area contributed by atoms with E-state index >= 15 is 0 Å². The van der Waals surface area contributed by atoms with E-state index in [-0.39, 0.29) is 17.9 Å². The van der Waals surface area contributed by atoms with Gasteiger partial charge in [-0.1, -0.05) is 18.2 Å². The molecule has 1 saturated heterocycles. The molecule has 0 atom stereocenters. The number of benzene rings is 1. The Bertz CT molecular complexity index is 737. The highest BCUT2D eigenvalue weighted by Crippen LogP contribution is 2.12. The second kappa shape index (κ2) is 7.34. The van der Waals surface area contributed by atoms with Gasteiger partial charge in [0.2, 0.25) is 5.91 Å². The number of hydrogen-bond acceptors (Lipinski definition) is 4. The minimum absolute atomic E-state index is 0.0811. The fourth-order valence-electron chi connectivity index (χ4n) is 2.81. The first-order valence-electron chi connectivity index (χ1n) is 7.88. The number of ether oxygens (including phenoxy) is 1. The van der Waals surface area contributed by atoms with E-state index in [1.165, 1.54) is 4.90 Å². The van der Waals surface area contributed by atoms with Crippen molar-refractivity contribution in [3.8, 4) is 0 Å². The van der Waals surface area contributed by atoms with Gasteiger partial charge in [0.25, 0.3) is 5.56 Å². The number of carbonyl (C=O) groups is 1. The number of aromatic amines is 1. The summed E-state index contributed by atoms with van der Waals surface area (Å²) in [6.07, 6.45) is 0.162. The van der Waals surface area contributed by atoms with Crippen molar-refractivity contribution >= 4 is 16.7 Å². The second-order valence-corrected chi connectivity index (χ2v) is 5.68. The maximum absolute atomic E-state index is 12.1. The molecule has 0 radical (unpaired) electrons. The summed E-state index contributed by atoms with van der Waals surface area (Å²) in [6, 6.07) is 7.19. The van der Waals surface area contributed by atoms with Crippen molar-refractivity contribution in [1.29, 1.82) is 0 Å². The van der Waals surface area contributed by atoms with E-state index in [1.54, 1.807) is 12.1 Å². The summed E-state index contributed by atoms with van der Waals surface area (Å²) >= 11 is 0. The average Bonchev–Trinajstić information content (AvgIpc) is 2.59. The minimum atomic E-state index is -0.235. The van der Waals surface area contributed by atoms with Gasteiger partial charge in [0.15, 0.2) is 0 Å². The standard InChI is InChI=1S/C16H20N4O3/c21-15(17-5-6-20-7-9-23-10-8-20)11-14-12-3-1-2-4-13(12)16(22)19-18-14/h1-4H,5-11H2,(H,17,21)(H,19,22)/p+1. The number of hydrogen-bond donors (Lipinski definition) is 3. The predicted molar refractivity (Wildman–Crippen MR) is 85.5 cm³/mol. The summed E-state index contributed by atoms with van der Waals surface area (Å²) < 4.78 is 5.31. The van der Waals surface area contributed by atoms with Crippen LogP contribution in [0.25, 0.3) is 10.8 Å². The molecule has 2 heterocycles. The monoisotopic (exact) mass is 317 g/mol. The Hall–Kier alpha value is -2.25. The smallest absolute Gasteiger partial charge is 0.272 e. The van der Waals surface area contributed by atoms with Gasteiger partial charge in [0, 0.05) is 5.39 Å². The van der Waals surface area contributed by atoms with Gasteiger partial charge >= 0.3 is 0 Å². The highest BCUT2D eigenvalue weighted by atomic mass is 16.5. The molecule has 3 N–H and O–H groups in total. The van der Waals surface area contributed by atoms with E-state index in [0.717, 1.165) is 38.2 Å². The van der Waals surface area contributed by atoms with Crippen LogP contribution in [0.15, 0.2) is 29.1 Å². The maximum atomic E-state index is 12.1. The summed E-state index contributed by atoms with van der Waals surface area (Å²) in [6.45, 7) is 5.08. The molecule has 0 bridgehead atoms. The Labute approximate surface area is 133 Å². The van der Waals surface area contributed by atoms with Gasteiger partial charge in [0.05, 0.1) is 43.8 Å². The van der Waals surface area contributed by atoms with Crippen LogP contribution in [0, 0.1) is 0 Å². The number of H-pyrrole nitrogens is 1. The molecule has 3 rings (SSSR count). The normalized spacial score (nSPS) is 15.7. The minimum Gasteiger partial charge on any atom is -0.370 e. The lowest BCUT2D eigenvalue weighted by Gasteiger charge is -2.23. The summed E-state index contributed by atoms with van der Waals surface area (Å²) in [7, 11) is 0. The molecule has 1 aromatic carbocycles. The molecule has 2 aromatic rings. The quantitative estimate of drug-likeness (QED) is 0.626. The fraction of sp³-hybridized carbons (Fsp3) is 0.438. The number of carbonyl (C=O) groups excluding carboxylic acids is 1. The molecule has 122 valence electrons. The van der Waals surface area contributed by atoms with Crippen LogP contribution in [-0.2, 0) is 16.0 Å². The number of morpholine rings is 1. The van der Waals surface area contributed by atoms with E-state index in [0.29, 0.717) is 17.6 Å².